The van der Waals surface area contributed by atoms with Gasteiger partial charge in [-0.15, -0.1) is 0 Å². The van der Waals surface area contributed by atoms with Crippen molar-refractivity contribution in [3.05, 3.63) is 69.8 Å². The van der Waals surface area contributed by atoms with Gasteiger partial charge in [0, 0.05) is 50.1 Å². The molecule has 2 heterocycles. The first-order chi connectivity index (χ1) is 19.1. The van der Waals surface area contributed by atoms with Crippen molar-refractivity contribution in [3.63, 3.8) is 0 Å². The molecule has 5 aromatic carbocycles. The second-order valence-corrected chi connectivity index (χ2v) is 10.9. The maximum atomic E-state index is 13.6. The second kappa shape index (κ2) is 7.62. The Morgan fingerprint density at radius 3 is 1.27 bits per heavy atom. The van der Waals surface area contributed by atoms with Crippen LogP contribution in [-0.4, -0.2) is 45.5 Å². The van der Waals surface area contributed by atoms with Crippen LogP contribution in [0.3, 0.4) is 0 Å². The van der Waals surface area contributed by atoms with E-state index in [4.69, 9.17) is 0 Å². The van der Waals surface area contributed by atoms with Gasteiger partial charge in [0.25, 0.3) is 23.6 Å². The molecular weight excluding hydrogens is 504 g/mol. The summed E-state index contributed by atoms with van der Waals surface area (Å²) in [6, 6.07) is 13.5. The number of rotatable bonds is 2. The molecule has 2 aliphatic rings. The number of hydrogen-bond donors (Lipinski definition) is 0. The van der Waals surface area contributed by atoms with Crippen LogP contribution in [0.25, 0.3) is 43.1 Å². The summed E-state index contributed by atoms with van der Waals surface area (Å²) in [5.41, 5.74) is 1.62. The molecule has 0 aromatic heterocycles. The summed E-state index contributed by atoms with van der Waals surface area (Å²) >= 11 is 0. The van der Waals surface area contributed by atoms with Crippen LogP contribution in [0.1, 0.15) is 80.3 Å². The smallest absolute Gasteiger partial charge is 0.261 e. The third-order valence-corrected chi connectivity index (χ3v) is 8.17. The van der Waals surface area contributed by atoms with E-state index in [2.05, 4.69) is 12.1 Å². The van der Waals surface area contributed by atoms with Gasteiger partial charge in [0.15, 0.2) is 0 Å². The van der Waals surface area contributed by atoms with E-state index in [1.54, 1.807) is 52.0 Å². The van der Waals surface area contributed by atoms with Crippen molar-refractivity contribution in [1.29, 1.82) is 10.5 Å². The van der Waals surface area contributed by atoms with Gasteiger partial charge in [0.1, 0.15) is 0 Å². The largest absolute Gasteiger partial charge is 0.272 e. The van der Waals surface area contributed by atoms with Gasteiger partial charge in [0.05, 0.1) is 34.4 Å². The lowest BCUT2D eigenvalue weighted by atomic mass is 9.79. The van der Waals surface area contributed by atoms with Crippen molar-refractivity contribution < 1.29 is 19.2 Å². The van der Waals surface area contributed by atoms with Crippen LogP contribution >= 0.6 is 0 Å². The number of hydrogen-bond acceptors (Lipinski definition) is 6. The van der Waals surface area contributed by atoms with Crippen LogP contribution in [0, 0.1) is 22.7 Å². The molecule has 0 aliphatic carbocycles. The SMILES string of the molecule is CC(C)N1C(=O)c2ccc3c4c(C#N)cc5c6c(cc(C#N)c(c7ccc(c2c37)C1=O)c64)C(=O)N(C(C)C)C5=O. The number of nitrogens with zero attached hydrogens (tertiary/aromatic N) is 4. The molecule has 0 bridgehead atoms. The molecule has 5 aromatic rings. The van der Waals surface area contributed by atoms with Crippen LogP contribution in [0.4, 0.5) is 0 Å². The van der Waals surface area contributed by atoms with Crippen molar-refractivity contribution in [2.24, 2.45) is 0 Å². The van der Waals surface area contributed by atoms with Crippen LogP contribution in [0.2, 0.25) is 0 Å². The molecule has 8 nitrogen and oxygen atoms in total. The van der Waals surface area contributed by atoms with Gasteiger partial charge in [0.2, 0.25) is 0 Å². The summed E-state index contributed by atoms with van der Waals surface area (Å²) in [4.78, 5) is 56.5. The summed E-state index contributed by atoms with van der Waals surface area (Å²) in [6.45, 7) is 7.03. The number of benzene rings is 5. The molecule has 7 rings (SSSR count). The van der Waals surface area contributed by atoms with Crippen LogP contribution < -0.4 is 0 Å². The van der Waals surface area contributed by atoms with E-state index < -0.39 is 29.7 Å². The van der Waals surface area contributed by atoms with Crippen molar-refractivity contribution in [2.75, 3.05) is 0 Å². The van der Waals surface area contributed by atoms with Gasteiger partial charge in [-0.25, -0.2) is 0 Å². The van der Waals surface area contributed by atoms with E-state index in [0.29, 0.717) is 54.2 Å². The number of amides is 4. The fourth-order valence-electron chi connectivity index (χ4n) is 6.62. The summed E-state index contributed by atoms with van der Waals surface area (Å²) in [5, 5.41) is 24.8. The molecule has 0 saturated carbocycles. The monoisotopic (exact) mass is 524 g/mol. The number of nitriles is 2. The highest BCUT2D eigenvalue weighted by atomic mass is 16.2. The minimum absolute atomic E-state index is 0.208. The molecule has 40 heavy (non-hydrogen) atoms. The molecule has 2 aliphatic heterocycles. The van der Waals surface area contributed by atoms with Crippen molar-refractivity contribution >= 4 is 66.7 Å². The number of carbonyl (C=O) groups excluding carboxylic acids is 4. The Kier molecular flexibility index (Phi) is 4.52. The first kappa shape index (κ1) is 23.8. The lowest BCUT2D eigenvalue weighted by Gasteiger charge is -2.32. The van der Waals surface area contributed by atoms with Gasteiger partial charge in [-0.05, 0) is 68.1 Å². The Balaban J connectivity index is 1.77. The van der Waals surface area contributed by atoms with E-state index in [9.17, 15) is 29.7 Å². The Hall–Kier alpha value is -5.34. The van der Waals surface area contributed by atoms with Crippen LogP contribution in [0.5, 0.6) is 0 Å². The average Bonchev–Trinajstić information content (AvgIpc) is 2.92. The van der Waals surface area contributed by atoms with Gasteiger partial charge in [-0.2, -0.15) is 10.5 Å². The maximum absolute atomic E-state index is 13.6. The summed E-state index contributed by atoms with van der Waals surface area (Å²) < 4.78 is 0. The summed E-state index contributed by atoms with van der Waals surface area (Å²) in [5.74, 6) is -1.80. The van der Waals surface area contributed by atoms with Crippen LogP contribution in [-0.2, 0) is 0 Å². The minimum atomic E-state index is -0.493. The van der Waals surface area contributed by atoms with Gasteiger partial charge < -0.3 is 0 Å². The van der Waals surface area contributed by atoms with E-state index in [-0.39, 0.29) is 28.3 Å². The maximum Gasteiger partial charge on any atom is 0.261 e. The number of imide groups is 2. The molecule has 192 valence electrons. The third-order valence-electron chi connectivity index (χ3n) is 8.17. The van der Waals surface area contributed by atoms with Crippen molar-refractivity contribution in [3.8, 4) is 12.1 Å². The van der Waals surface area contributed by atoms with E-state index in [0.717, 1.165) is 4.90 Å². The molecule has 0 spiro atoms. The Morgan fingerprint density at radius 1 is 0.525 bits per heavy atom. The first-order valence-electron chi connectivity index (χ1n) is 13.0. The molecular formula is C32H20N4O4. The highest BCUT2D eigenvalue weighted by Crippen LogP contribution is 2.48. The number of carbonyl (C=O) groups is 4. The minimum Gasteiger partial charge on any atom is -0.272 e. The van der Waals surface area contributed by atoms with Crippen LogP contribution in [0.15, 0.2) is 36.4 Å². The predicted molar refractivity (Wildman–Crippen MR) is 148 cm³/mol. The normalized spacial score (nSPS) is 15.0. The lowest BCUT2D eigenvalue weighted by Crippen LogP contribution is -2.44. The van der Waals surface area contributed by atoms with Crippen molar-refractivity contribution in [1.82, 2.24) is 9.80 Å². The zero-order valence-corrected chi connectivity index (χ0v) is 22.0. The zero-order valence-electron chi connectivity index (χ0n) is 22.0. The van der Waals surface area contributed by atoms with Crippen molar-refractivity contribution in [2.45, 2.75) is 39.8 Å². The molecule has 0 N–H and O–H groups in total. The standard InChI is InChI=1S/C32H20N4O4/c1-13(2)35-29(37)19-7-5-17-23-15(11-33)9-21-27-22(32(40)36(14(3)4)31(21)39)10-16(12-34)24(28(23)27)18-6-8-20(30(35)38)26(19)25(17)18/h5-10,13-14H,1-4H3. The lowest BCUT2D eigenvalue weighted by molar-refractivity contribution is 0.0547. The highest BCUT2D eigenvalue weighted by molar-refractivity contribution is 6.42. The summed E-state index contributed by atoms with van der Waals surface area (Å²) in [6.07, 6.45) is 0. The third kappa shape index (κ3) is 2.58. The molecule has 0 radical (unpaired) electrons. The topological polar surface area (TPSA) is 122 Å². The molecule has 4 amide bonds. The Labute approximate surface area is 227 Å². The second-order valence-electron chi connectivity index (χ2n) is 10.9. The molecule has 0 saturated heterocycles. The summed E-state index contributed by atoms with van der Waals surface area (Å²) in [7, 11) is 0. The number of fused-ring (bicyclic) bond motifs is 2. The van der Waals surface area contributed by atoms with Gasteiger partial charge in [-0.3, -0.25) is 29.0 Å². The highest BCUT2D eigenvalue weighted by Gasteiger charge is 2.39. The quantitative estimate of drug-likeness (QED) is 0.171. The fourth-order valence-corrected chi connectivity index (χ4v) is 6.62. The van der Waals surface area contributed by atoms with Gasteiger partial charge in [-0.1, -0.05) is 12.1 Å². The first-order valence-corrected chi connectivity index (χ1v) is 13.0. The molecule has 8 heteroatoms. The Bertz CT molecular complexity index is 2040. The predicted octanol–water partition coefficient (Wildman–Crippen LogP) is 5.49. The van der Waals surface area contributed by atoms with E-state index in [1.165, 1.54) is 17.0 Å². The average molecular weight is 525 g/mol. The molecule has 0 unspecified atom stereocenters. The Morgan fingerprint density at radius 2 is 0.900 bits per heavy atom. The van der Waals surface area contributed by atoms with Gasteiger partial charge >= 0.3 is 0 Å². The molecule has 0 atom stereocenters. The molecule has 0 fully saturated rings. The van der Waals surface area contributed by atoms with E-state index >= 15 is 0 Å². The van der Waals surface area contributed by atoms with E-state index in [1.807, 2.05) is 0 Å². The fraction of sp³-hybridized carbons (Fsp3) is 0.188. The zero-order chi connectivity index (χ0) is 28.4.